The van der Waals surface area contributed by atoms with Crippen LogP contribution >= 0.6 is 0 Å². The first-order chi connectivity index (χ1) is 9.86. The minimum Gasteiger partial charge on any atom is -0.394 e. The molecule has 0 saturated carbocycles. The van der Waals surface area contributed by atoms with Gasteiger partial charge in [-0.3, -0.25) is 9.40 Å². The molecule has 0 atom stereocenters. The molecule has 1 aromatic carbocycles. The number of rotatable bonds is 5. The summed E-state index contributed by atoms with van der Waals surface area (Å²) in [5.41, 5.74) is 0.571. The smallest absolute Gasteiger partial charge is 0.265 e. The summed E-state index contributed by atoms with van der Waals surface area (Å²) in [6.45, 7) is 3.19. The van der Waals surface area contributed by atoms with Crippen LogP contribution in [0.25, 0.3) is 0 Å². The van der Waals surface area contributed by atoms with Crippen LogP contribution in [0.15, 0.2) is 29.2 Å². The predicted molar refractivity (Wildman–Crippen MR) is 76.0 cm³/mol. The third-order valence-corrected chi connectivity index (χ3v) is 4.63. The number of para-hydroxylation sites is 1. The summed E-state index contributed by atoms with van der Waals surface area (Å²) < 4.78 is 42.1. The number of anilines is 1. The number of sulfonamides is 1. The molecule has 114 valence electrons. The van der Waals surface area contributed by atoms with E-state index in [2.05, 4.69) is 9.82 Å². The van der Waals surface area contributed by atoms with Crippen molar-refractivity contribution in [3.05, 3.63) is 41.5 Å². The zero-order valence-electron chi connectivity index (χ0n) is 11.7. The van der Waals surface area contributed by atoms with E-state index in [-0.39, 0.29) is 23.7 Å². The molecule has 0 aliphatic heterocycles. The Morgan fingerprint density at radius 1 is 1.33 bits per heavy atom. The molecule has 0 saturated heterocycles. The molecule has 0 unspecified atom stereocenters. The molecule has 6 nitrogen and oxygen atoms in total. The van der Waals surface area contributed by atoms with Crippen molar-refractivity contribution < 1.29 is 17.9 Å². The van der Waals surface area contributed by atoms with Crippen LogP contribution in [0.2, 0.25) is 0 Å². The molecule has 2 rings (SSSR count). The Labute approximate surface area is 122 Å². The van der Waals surface area contributed by atoms with E-state index >= 15 is 0 Å². The van der Waals surface area contributed by atoms with Crippen molar-refractivity contribution in [2.24, 2.45) is 0 Å². The zero-order chi connectivity index (χ0) is 15.6. The standard InChI is InChI=1S/C13H16FN3O3S/c1-9-13(10(2)17(15-9)7-8-18)21(19,20)16-12-6-4-3-5-11(12)14/h3-6,16,18H,7-8H2,1-2H3. The summed E-state index contributed by atoms with van der Waals surface area (Å²) in [4.78, 5) is -0.000738. The maximum atomic E-state index is 13.6. The molecule has 0 spiro atoms. The van der Waals surface area contributed by atoms with Gasteiger partial charge in [-0.25, -0.2) is 12.8 Å². The van der Waals surface area contributed by atoms with E-state index in [0.717, 1.165) is 0 Å². The first-order valence-electron chi connectivity index (χ1n) is 6.29. The SMILES string of the molecule is Cc1nn(CCO)c(C)c1S(=O)(=O)Nc1ccccc1F. The summed E-state index contributed by atoms with van der Waals surface area (Å²) >= 11 is 0. The van der Waals surface area contributed by atoms with Crippen LogP contribution in [0.3, 0.4) is 0 Å². The molecule has 0 bridgehead atoms. The minimum atomic E-state index is -3.95. The fourth-order valence-corrected chi connectivity index (χ4v) is 3.60. The Kier molecular flexibility index (Phi) is 4.29. The Hall–Kier alpha value is -1.93. The van der Waals surface area contributed by atoms with Gasteiger partial charge in [0.1, 0.15) is 10.7 Å². The first kappa shape index (κ1) is 15.5. The first-order valence-corrected chi connectivity index (χ1v) is 7.77. The van der Waals surface area contributed by atoms with E-state index in [0.29, 0.717) is 11.4 Å². The van der Waals surface area contributed by atoms with Gasteiger partial charge < -0.3 is 5.11 Å². The van der Waals surface area contributed by atoms with Gasteiger partial charge in [0.05, 0.1) is 30.2 Å². The number of aromatic nitrogens is 2. The summed E-state index contributed by atoms with van der Waals surface area (Å²) in [5.74, 6) is -0.654. The predicted octanol–water partition coefficient (Wildman–Crippen LogP) is 1.43. The number of benzene rings is 1. The number of aryl methyl sites for hydroxylation is 1. The summed E-state index contributed by atoms with van der Waals surface area (Å²) in [6.07, 6.45) is 0. The summed E-state index contributed by atoms with van der Waals surface area (Å²) in [7, 11) is -3.95. The van der Waals surface area contributed by atoms with Crippen molar-refractivity contribution in [1.82, 2.24) is 9.78 Å². The van der Waals surface area contributed by atoms with E-state index in [4.69, 9.17) is 5.11 Å². The lowest BCUT2D eigenvalue weighted by molar-refractivity contribution is 0.267. The number of nitrogens with zero attached hydrogens (tertiary/aromatic N) is 2. The van der Waals surface area contributed by atoms with Gasteiger partial charge in [0.15, 0.2) is 0 Å². The highest BCUT2D eigenvalue weighted by Gasteiger charge is 2.25. The third-order valence-electron chi connectivity index (χ3n) is 3.01. The number of hydrogen-bond acceptors (Lipinski definition) is 4. The third kappa shape index (κ3) is 3.06. The van der Waals surface area contributed by atoms with Crippen LogP contribution in [-0.2, 0) is 16.6 Å². The largest absolute Gasteiger partial charge is 0.394 e. The van der Waals surface area contributed by atoms with Gasteiger partial charge in [0, 0.05) is 0 Å². The fraction of sp³-hybridized carbons (Fsp3) is 0.308. The van der Waals surface area contributed by atoms with Gasteiger partial charge in [-0.15, -0.1) is 0 Å². The maximum Gasteiger partial charge on any atom is 0.265 e. The Balaban J connectivity index is 2.43. The quantitative estimate of drug-likeness (QED) is 0.874. The second kappa shape index (κ2) is 5.82. The van der Waals surface area contributed by atoms with E-state index in [9.17, 15) is 12.8 Å². The molecule has 0 fully saturated rings. The van der Waals surface area contributed by atoms with Gasteiger partial charge in [-0.05, 0) is 26.0 Å². The van der Waals surface area contributed by atoms with Gasteiger partial charge in [-0.1, -0.05) is 12.1 Å². The highest BCUT2D eigenvalue weighted by molar-refractivity contribution is 7.92. The molecule has 2 N–H and O–H groups in total. The minimum absolute atomic E-state index is 0.000738. The van der Waals surface area contributed by atoms with Gasteiger partial charge in [0.2, 0.25) is 0 Å². The van der Waals surface area contributed by atoms with E-state index in [1.807, 2.05) is 0 Å². The number of aliphatic hydroxyl groups is 1. The lowest BCUT2D eigenvalue weighted by Crippen LogP contribution is -2.16. The van der Waals surface area contributed by atoms with Crippen molar-refractivity contribution in [2.75, 3.05) is 11.3 Å². The topological polar surface area (TPSA) is 84.2 Å². The Morgan fingerprint density at radius 3 is 2.62 bits per heavy atom. The van der Waals surface area contributed by atoms with E-state index < -0.39 is 15.8 Å². The molecule has 0 amide bonds. The van der Waals surface area contributed by atoms with Crippen LogP contribution in [0.4, 0.5) is 10.1 Å². The van der Waals surface area contributed by atoms with Crippen LogP contribution in [0, 0.1) is 19.7 Å². The molecule has 21 heavy (non-hydrogen) atoms. The van der Waals surface area contributed by atoms with Gasteiger partial charge in [0.25, 0.3) is 10.0 Å². The average molecular weight is 313 g/mol. The van der Waals surface area contributed by atoms with Gasteiger partial charge >= 0.3 is 0 Å². The molecule has 0 radical (unpaired) electrons. The number of hydrogen-bond donors (Lipinski definition) is 2. The average Bonchev–Trinajstić information content (AvgIpc) is 2.68. The Morgan fingerprint density at radius 2 is 2.00 bits per heavy atom. The number of halogens is 1. The van der Waals surface area contributed by atoms with Crippen LogP contribution in [0.5, 0.6) is 0 Å². The number of aliphatic hydroxyl groups excluding tert-OH is 1. The second-order valence-corrected chi connectivity index (χ2v) is 6.15. The Bertz CT molecular complexity index is 756. The normalized spacial score (nSPS) is 11.6. The lowest BCUT2D eigenvalue weighted by atomic mass is 10.3. The van der Waals surface area contributed by atoms with Crippen LogP contribution < -0.4 is 4.72 Å². The second-order valence-electron chi connectivity index (χ2n) is 4.53. The highest BCUT2D eigenvalue weighted by Crippen LogP contribution is 2.23. The summed E-state index contributed by atoms with van der Waals surface area (Å²) in [6, 6.07) is 5.53. The van der Waals surface area contributed by atoms with E-state index in [1.54, 1.807) is 13.8 Å². The molecule has 1 heterocycles. The molecule has 0 aliphatic rings. The maximum absolute atomic E-state index is 13.6. The molecule has 1 aromatic heterocycles. The van der Waals surface area contributed by atoms with E-state index in [1.165, 1.54) is 28.9 Å². The van der Waals surface area contributed by atoms with Crippen LogP contribution in [-0.4, -0.2) is 29.9 Å². The zero-order valence-corrected chi connectivity index (χ0v) is 12.5. The molecule has 2 aromatic rings. The van der Waals surface area contributed by atoms with Crippen molar-refractivity contribution in [1.29, 1.82) is 0 Å². The molecule has 0 aliphatic carbocycles. The van der Waals surface area contributed by atoms with Crippen molar-refractivity contribution >= 4 is 15.7 Å². The molecular weight excluding hydrogens is 297 g/mol. The molecular formula is C13H16FN3O3S. The van der Waals surface area contributed by atoms with Gasteiger partial charge in [-0.2, -0.15) is 5.10 Å². The van der Waals surface area contributed by atoms with Crippen molar-refractivity contribution in [3.63, 3.8) is 0 Å². The summed E-state index contributed by atoms with van der Waals surface area (Å²) in [5, 5.41) is 13.0. The lowest BCUT2D eigenvalue weighted by Gasteiger charge is -2.09. The highest BCUT2D eigenvalue weighted by atomic mass is 32.2. The van der Waals surface area contributed by atoms with Crippen molar-refractivity contribution in [2.45, 2.75) is 25.3 Å². The fourth-order valence-electron chi connectivity index (χ4n) is 2.12. The number of nitrogens with one attached hydrogen (secondary N) is 1. The monoisotopic (exact) mass is 313 g/mol. The van der Waals surface area contributed by atoms with Crippen LogP contribution in [0.1, 0.15) is 11.4 Å². The molecule has 8 heteroatoms. The van der Waals surface area contributed by atoms with Crippen molar-refractivity contribution in [3.8, 4) is 0 Å².